The number of alkyl halides is 3. The number of rotatable bonds is 2. The van der Waals surface area contributed by atoms with Crippen LogP contribution < -0.4 is 0 Å². The number of halogens is 3. The zero-order valence-corrected chi connectivity index (χ0v) is 14.6. The predicted octanol–water partition coefficient (Wildman–Crippen LogP) is 3.18. The topological polar surface area (TPSA) is 50.5 Å². The number of aryl methyl sites for hydroxylation is 1. The van der Waals surface area contributed by atoms with Crippen LogP contribution in [0.2, 0.25) is 0 Å². The van der Waals surface area contributed by atoms with Crippen molar-refractivity contribution in [2.75, 3.05) is 6.54 Å². The highest BCUT2D eigenvalue weighted by molar-refractivity contribution is 5.79. The largest absolute Gasteiger partial charge is 0.416 e. The van der Waals surface area contributed by atoms with Gasteiger partial charge in [0.05, 0.1) is 23.4 Å². The number of hydrogen-bond acceptors (Lipinski definition) is 3. The first kappa shape index (κ1) is 17.5. The van der Waals surface area contributed by atoms with E-state index in [2.05, 4.69) is 10.1 Å². The molecule has 0 saturated heterocycles. The lowest BCUT2D eigenvalue weighted by atomic mass is 10.0. The molecule has 3 heterocycles. The maximum atomic E-state index is 12.6. The van der Waals surface area contributed by atoms with Crippen LogP contribution in [0.1, 0.15) is 28.1 Å². The molecule has 3 aromatic rings. The molecule has 0 spiro atoms. The number of nitrogens with zero attached hydrogens (tertiary/aromatic N) is 4. The van der Waals surface area contributed by atoms with Crippen LogP contribution in [-0.4, -0.2) is 31.9 Å². The molecule has 1 amide bonds. The van der Waals surface area contributed by atoms with Crippen LogP contribution in [-0.2, 0) is 30.4 Å². The summed E-state index contributed by atoms with van der Waals surface area (Å²) in [4.78, 5) is 18.7. The van der Waals surface area contributed by atoms with Crippen molar-refractivity contribution in [3.05, 3.63) is 64.6 Å². The van der Waals surface area contributed by atoms with Crippen molar-refractivity contribution in [1.82, 2.24) is 19.5 Å². The third-order valence-electron chi connectivity index (χ3n) is 4.76. The van der Waals surface area contributed by atoms with Gasteiger partial charge in [-0.05, 0) is 24.6 Å². The van der Waals surface area contributed by atoms with Crippen molar-refractivity contribution < 1.29 is 18.0 Å². The van der Waals surface area contributed by atoms with Crippen molar-refractivity contribution in [3.8, 4) is 0 Å². The Kier molecular flexibility index (Phi) is 4.13. The van der Waals surface area contributed by atoms with Crippen LogP contribution in [0, 0.1) is 6.92 Å². The van der Waals surface area contributed by atoms with Crippen molar-refractivity contribution in [2.45, 2.75) is 32.5 Å². The quantitative estimate of drug-likeness (QED) is 0.692. The second-order valence-corrected chi connectivity index (χ2v) is 6.72. The van der Waals surface area contributed by atoms with E-state index in [1.165, 1.54) is 12.1 Å². The molecule has 0 saturated carbocycles. The van der Waals surface area contributed by atoms with Gasteiger partial charge in [0.1, 0.15) is 0 Å². The fraction of sp³-hybridized carbons (Fsp3) is 0.316. The van der Waals surface area contributed by atoms with Gasteiger partial charge in [-0.2, -0.15) is 18.3 Å². The summed E-state index contributed by atoms with van der Waals surface area (Å²) in [5.41, 5.74) is 3.52. The van der Waals surface area contributed by atoms with E-state index in [9.17, 15) is 18.0 Å². The van der Waals surface area contributed by atoms with Crippen LogP contribution in [0.5, 0.6) is 0 Å². The minimum Gasteiger partial charge on any atom is -0.338 e. The SMILES string of the molecule is Cc1cc2ncc3c(n2n1)CCN(C(=O)Cc1ccc(C(F)(F)F)cc1)C3. The van der Waals surface area contributed by atoms with Crippen LogP contribution in [0.25, 0.3) is 5.65 Å². The van der Waals surface area contributed by atoms with Gasteiger partial charge in [0.15, 0.2) is 5.65 Å². The number of benzene rings is 1. The van der Waals surface area contributed by atoms with Crippen LogP contribution >= 0.6 is 0 Å². The predicted molar refractivity (Wildman–Crippen MR) is 92.0 cm³/mol. The van der Waals surface area contributed by atoms with Crippen LogP contribution in [0.3, 0.4) is 0 Å². The van der Waals surface area contributed by atoms with E-state index in [0.29, 0.717) is 25.1 Å². The Labute approximate surface area is 153 Å². The number of amides is 1. The molecule has 5 nitrogen and oxygen atoms in total. The fourth-order valence-corrected chi connectivity index (χ4v) is 3.37. The molecule has 27 heavy (non-hydrogen) atoms. The molecule has 0 aliphatic carbocycles. The lowest BCUT2D eigenvalue weighted by molar-refractivity contribution is -0.137. The van der Waals surface area contributed by atoms with Gasteiger partial charge in [0.25, 0.3) is 0 Å². The Morgan fingerprint density at radius 3 is 2.67 bits per heavy atom. The molecule has 0 radical (unpaired) electrons. The van der Waals surface area contributed by atoms with Gasteiger partial charge >= 0.3 is 6.18 Å². The molecule has 1 aromatic carbocycles. The average molecular weight is 374 g/mol. The molecule has 0 unspecified atom stereocenters. The maximum Gasteiger partial charge on any atom is 0.416 e. The first-order valence-electron chi connectivity index (χ1n) is 8.58. The molecule has 2 aromatic heterocycles. The molecule has 4 rings (SSSR count). The monoisotopic (exact) mass is 374 g/mol. The van der Waals surface area contributed by atoms with Gasteiger partial charge in [0, 0.05) is 37.3 Å². The average Bonchev–Trinajstić information content (AvgIpc) is 3.01. The van der Waals surface area contributed by atoms with Crippen LogP contribution in [0.4, 0.5) is 13.2 Å². The third-order valence-corrected chi connectivity index (χ3v) is 4.76. The molecular formula is C19H17F3N4O. The van der Waals surface area contributed by atoms with Gasteiger partial charge in [-0.25, -0.2) is 9.50 Å². The van der Waals surface area contributed by atoms with E-state index < -0.39 is 11.7 Å². The Morgan fingerprint density at radius 2 is 1.96 bits per heavy atom. The molecule has 0 atom stereocenters. The molecule has 0 fully saturated rings. The van der Waals surface area contributed by atoms with E-state index in [-0.39, 0.29) is 12.3 Å². The lowest BCUT2D eigenvalue weighted by Crippen LogP contribution is -2.37. The lowest BCUT2D eigenvalue weighted by Gasteiger charge is -2.29. The third kappa shape index (κ3) is 3.39. The highest BCUT2D eigenvalue weighted by Crippen LogP contribution is 2.29. The number of carbonyl (C=O) groups excluding carboxylic acids is 1. The molecular weight excluding hydrogens is 357 g/mol. The summed E-state index contributed by atoms with van der Waals surface area (Å²) >= 11 is 0. The minimum absolute atomic E-state index is 0.0734. The molecule has 1 aliphatic rings. The molecule has 8 heteroatoms. The number of fused-ring (bicyclic) bond motifs is 3. The van der Waals surface area contributed by atoms with Gasteiger partial charge in [-0.3, -0.25) is 4.79 Å². The second-order valence-electron chi connectivity index (χ2n) is 6.72. The number of hydrogen-bond donors (Lipinski definition) is 0. The van der Waals surface area contributed by atoms with Gasteiger partial charge in [-0.1, -0.05) is 12.1 Å². The molecule has 1 aliphatic heterocycles. The highest BCUT2D eigenvalue weighted by Gasteiger charge is 2.30. The van der Waals surface area contributed by atoms with E-state index in [4.69, 9.17) is 0 Å². The van der Waals surface area contributed by atoms with E-state index in [1.54, 1.807) is 11.1 Å². The van der Waals surface area contributed by atoms with E-state index in [0.717, 1.165) is 34.7 Å². The number of carbonyl (C=O) groups is 1. The Morgan fingerprint density at radius 1 is 1.22 bits per heavy atom. The zero-order chi connectivity index (χ0) is 19.2. The van der Waals surface area contributed by atoms with Gasteiger partial charge in [-0.15, -0.1) is 0 Å². The Hall–Kier alpha value is -2.90. The Bertz CT molecular complexity index is 1010. The van der Waals surface area contributed by atoms with Crippen molar-refractivity contribution in [3.63, 3.8) is 0 Å². The van der Waals surface area contributed by atoms with Gasteiger partial charge in [0.2, 0.25) is 5.91 Å². The first-order valence-corrected chi connectivity index (χ1v) is 8.58. The summed E-state index contributed by atoms with van der Waals surface area (Å²) in [6, 6.07) is 6.64. The van der Waals surface area contributed by atoms with Crippen molar-refractivity contribution in [1.29, 1.82) is 0 Å². The van der Waals surface area contributed by atoms with Crippen molar-refractivity contribution >= 4 is 11.6 Å². The molecule has 0 bridgehead atoms. The first-order chi connectivity index (χ1) is 12.8. The maximum absolute atomic E-state index is 12.6. The second kappa shape index (κ2) is 6.37. The summed E-state index contributed by atoms with van der Waals surface area (Å²) in [7, 11) is 0. The standard InChI is InChI=1S/C19H17F3N4O/c1-12-8-17-23-10-14-11-25(7-6-16(14)26(17)24-12)18(27)9-13-2-4-15(5-3-13)19(20,21)22/h2-5,8,10H,6-7,9,11H2,1H3. The minimum atomic E-state index is -4.37. The zero-order valence-electron chi connectivity index (χ0n) is 14.6. The summed E-state index contributed by atoms with van der Waals surface area (Å²) in [6.45, 7) is 2.88. The van der Waals surface area contributed by atoms with Crippen LogP contribution in [0.15, 0.2) is 36.5 Å². The Balaban J connectivity index is 1.48. The normalized spacial score (nSPS) is 14.4. The summed E-state index contributed by atoms with van der Waals surface area (Å²) < 4.78 is 39.7. The van der Waals surface area contributed by atoms with E-state index in [1.807, 2.05) is 17.5 Å². The van der Waals surface area contributed by atoms with Crippen molar-refractivity contribution in [2.24, 2.45) is 0 Å². The highest BCUT2D eigenvalue weighted by atomic mass is 19.4. The fourth-order valence-electron chi connectivity index (χ4n) is 3.37. The molecule has 0 N–H and O–H groups in total. The summed E-state index contributed by atoms with van der Waals surface area (Å²) in [5, 5.41) is 4.45. The number of aromatic nitrogens is 3. The molecule has 140 valence electrons. The van der Waals surface area contributed by atoms with Gasteiger partial charge < -0.3 is 4.90 Å². The summed E-state index contributed by atoms with van der Waals surface area (Å²) in [6.07, 6.45) is -1.87. The smallest absolute Gasteiger partial charge is 0.338 e. The van der Waals surface area contributed by atoms with E-state index >= 15 is 0 Å². The summed E-state index contributed by atoms with van der Waals surface area (Å²) in [5.74, 6) is -0.114.